The molecule has 0 unspecified atom stereocenters. The van der Waals surface area contributed by atoms with Gasteiger partial charge in [0.25, 0.3) is 0 Å². The zero-order chi connectivity index (χ0) is 13.0. The molecule has 0 N–H and O–H groups in total. The molecule has 1 heterocycles. The topological polar surface area (TPSA) is 48.4 Å². The predicted molar refractivity (Wildman–Crippen MR) is 68.1 cm³/mol. The number of pyridine rings is 1. The molecular formula is C13H16ClNO3. The molecule has 5 heteroatoms. The summed E-state index contributed by atoms with van der Waals surface area (Å²) in [6.07, 6.45) is 4.72. The molecule has 4 nitrogen and oxygen atoms in total. The molecule has 0 atom stereocenters. The molecule has 98 valence electrons. The molecule has 2 rings (SSSR count). The van der Waals surface area contributed by atoms with Gasteiger partial charge in [0.2, 0.25) is 5.88 Å². The highest BCUT2D eigenvalue weighted by Crippen LogP contribution is 2.25. The quantitative estimate of drug-likeness (QED) is 0.622. The fourth-order valence-electron chi connectivity index (χ4n) is 2.02. The normalized spacial score (nSPS) is 15.7. The van der Waals surface area contributed by atoms with Crippen molar-refractivity contribution in [2.45, 2.75) is 38.7 Å². The van der Waals surface area contributed by atoms with Crippen molar-refractivity contribution in [3.05, 3.63) is 22.8 Å². The lowest BCUT2D eigenvalue weighted by Crippen LogP contribution is -2.13. The maximum absolute atomic E-state index is 11.5. The molecule has 1 aromatic heterocycles. The van der Waals surface area contributed by atoms with Crippen LogP contribution in [0.3, 0.4) is 0 Å². The summed E-state index contributed by atoms with van der Waals surface area (Å²) in [4.78, 5) is 15.6. The van der Waals surface area contributed by atoms with E-state index in [1.165, 1.54) is 12.8 Å². The number of nitrogens with zero attached hydrogens (tertiary/aromatic N) is 1. The van der Waals surface area contributed by atoms with E-state index in [9.17, 15) is 4.79 Å². The number of aromatic nitrogens is 1. The van der Waals surface area contributed by atoms with E-state index in [4.69, 9.17) is 21.1 Å². The number of esters is 1. The van der Waals surface area contributed by atoms with Gasteiger partial charge < -0.3 is 9.47 Å². The van der Waals surface area contributed by atoms with Crippen LogP contribution < -0.4 is 4.74 Å². The van der Waals surface area contributed by atoms with E-state index in [1.54, 1.807) is 19.1 Å². The Balaban J connectivity index is 2.06. The van der Waals surface area contributed by atoms with Gasteiger partial charge in [-0.05, 0) is 38.7 Å². The molecule has 0 amide bonds. The Morgan fingerprint density at radius 3 is 2.78 bits per heavy atom. The summed E-state index contributed by atoms with van der Waals surface area (Å²) < 4.78 is 10.6. The molecule has 1 aromatic rings. The number of carbonyl (C=O) groups is 1. The van der Waals surface area contributed by atoms with E-state index in [0.29, 0.717) is 12.5 Å². The van der Waals surface area contributed by atoms with Gasteiger partial charge in [0, 0.05) is 6.07 Å². The van der Waals surface area contributed by atoms with Gasteiger partial charge in [-0.2, -0.15) is 0 Å². The van der Waals surface area contributed by atoms with Crippen molar-refractivity contribution in [2.24, 2.45) is 0 Å². The zero-order valence-electron chi connectivity index (χ0n) is 10.3. The van der Waals surface area contributed by atoms with Crippen LogP contribution in [0.25, 0.3) is 0 Å². The SMILES string of the molecule is CCOC(=O)c1ccc(OC2CCCC2)nc1Cl. The Labute approximate surface area is 111 Å². The number of rotatable bonds is 4. The van der Waals surface area contributed by atoms with E-state index in [-0.39, 0.29) is 16.8 Å². The maximum atomic E-state index is 11.5. The molecule has 0 saturated heterocycles. The Morgan fingerprint density at radius 2 is 2.17 bits per heavy atom. The third kappa shape index (κ3) is 3.13. The van der Waals surface area contributed by atoms with Gasteiger partial charge in [-0.15, -0.1) is 0 Å². The summed E-state index contributed by atoms with van der Waals surface area (Å²) in [6.45, 7) is 2.06. The van der Waals surface area contributed by atoms with Crippen LogP contribution in [0.1, 0.15) is 43.0 Å². The van der Waals surface area contributed by atoms with E-state index in [2.05, 4.69) is 4.98 Å². The maximum Gasteiger partial charge on any atom is 0.341 e. The van der Waals surface area contributed by atoms with E-state index in [1.807, 2.05) is 0 Å². The number of hydrogen-bond donors (Lipinski definition) is 0. The van der Waals surface area contributed by atoms with Gasteiger partial charge in [0.05, 0.1) is 12.2 Å². The first-order valence-electron chi connectivity index (χ1n) is 6.21. The van der Waals surface area contributed by atoms with Crippen molar-refractivity contribution in [1.29, 1.82) is 0 Å². The van der Waals surface area contributed by atoms with Crippen LogP contribution in [0.2, 0.25) is 5.15 Å². The fourth-order valence-corrected chi connectivity index (χ4v) is 2.24. The van der Waals surface area contributed by atoms with Crippen molar-refractivity contribution in [3.63, 3.8) is 0 Å². The molecule has 0 radical (unpaired) electrons. The molecule has 1 saturated carbocycles. The monoisotopic (exact) mass is 269 g/mol. The van der Waals surface area contributed by atoms with Crippen molar-refractivity contribution in [2.75, 3.05) is 6.61 Å². The highest BCUT2D eigenvalue weighted by atomic mass is 35.5. The van der Waals surface area contributed by atoms with Gasteiger partial charge in [-0.3, -0.25) is 0 Å². The van der Waals surface area contributed by atoms with Crippen LogP contribution in [0.5, 0.6) is 5.88 Å². The Hall–Kier alpha value is -1.29. The Kier molecular flexibility index (Phi) is 4.42. The van der Waals surface area contributed by atoms with Crippen molar-refractivity contribution < 1.29 is 14.3 Å². The molecule has 1 aliphatic carbocycles. The average Bonchev–Trinajstić information content (AvgIpc) is 2.82. The Bertz CT molecular complexity index is 430. The first-order valence-corrected chi connectivity index (χ1v) is 6.59. The third-order valence-corrected chi connectivity index (χ3v) is 3.20. The highest BCUT2D eigenvalue weighted by molar-refractivity contribution is 6.32. The molecule has 0 aromatic carbocycles. The minimum atomic E-state index is -0.456. The zero-order valence-corrected chi connectivity index (χ0v) is 11.1. The third-order valence-electron chi connectivity index (χ3n) is 2.91. The standard InChI is InChI=1S/C13H16ClNO3/c1-2-17-13(16)10-7-8-11(15-12(10)14)18-9-5-3-4-6-9/h7-9H,2-6H2,1H3. The van der Waals surface area contributed by atoms with Crippen molar-refractivity contribution >= 4 is 17.6 Å². The number of halogens is 1. The smallest absolute Gasteiger partial charge is 0.341 e. The minimum Gasteiger partial charge on any atom is -0.474 e. The molecular weight excluding hydrogens is 254 g/mol. The summed E-state index contributed by atoms with van der Waals surface area (Å²) >= 11 is 5.95. The lowest BCUT2D eigenvalue weighted by molar-refractivity contribution is 0.0526. The van der Waals surface area contributed by atoms with Crippen LogP contribution in [-0.2, 0) is 4.74 Å². The Morgan fingerprint density at radius 1 is 1.44 bits per heavy atom. The van der Waals surface area contributed by atoms with Gasteiger partial charge in [0.1, 0.15) is 11.3 Å². The molecule has 18 heavy (non-hydrogen) atoms. The van der Waals surface area contributed by atoms with Crippen LogP contribution in [0.4, 0.5) is 0 Å². The van der Waals surface area contributed by atoms with Gasteiger partial charge >= 0.3 is 5.97 Å². The molecule has 0 spiro atoms. The predicted octanol–water partition coefficient (Wildman–Crippen LogP) is 3.23. The van der Waals surface area contributed by atoms with E-state index in [0.717, 1.165) is 12.8 Å². The highest BCUT2D eigenvalue weighted by Gasteiger charge is 2.19. The number of carbonyl (C=O) groups excluding carboxylic acids is 1. The first kappa shape index (κ1) is 13.1. The lowest BCUT2D eigenvalue weighted by Gasteiger charge is -2.12. The van der Waals surface area contributed by atoms with Gasteiger partial charge in [-0.1, -0.05) is 11.6 Å². The second-order valence-electron chi connectivity index (χ2n) is 4.23. The summed E-state index contributed by atoms with van der Waals surface area (Å²) in [5, 5.41) is 0.129. The number of ether oxygens (including phenoxy) is 2. The van der Waals surface area contributed by atoms with Crippen molar-refractivity contribution in [3.8, 4) is 5.88 Å². The van der Waals surface area contributed by atoms with Crippen LogP contribution in [0, 0.1) is 0 Å². The summed E-state index contributed by atoms with van der Waals surface area (Å²) in [5.41, 5.74) is 0.275. The summed E-state index contributed by atoms with van der Waals surface area (Å²) in [6, 6.07) is 3.26. The molecule has 1 aliphatic rings. The van der Waals surface area contributed by atoms with Gasteiger partial charge in [0.15, 0.2) is 0 Å². The molecule has 0 aliphatic heterocycles. The number of hydrogen-bond acceptors (Lipinski definition) is 4. The van der Waals surface area contributed by atoms with E-state index >= 15 is 0 Å². The lowest BCUT2D eigenvalue weighted by atomic mass is 10.3. The largest absolute Gasteiger partial charge is 0.474 e. The second-order valence-corrected chi connectivity index (χ2v) is 4.59. The van der Waals surface area contributed by atoms with Gasteiger partial charge in [-0.25, -0.2) is 9.78 Å². The second kappa shape index (κ2) is 6.05. The summed E-state index contributed by atoms with van der Waals surface area (Å²) in [5.74, 6) is 0.0161. The average molecular weight is 270 g/mol. The van der Waals surface area contributed by atoms with Crippen molar-refractivity contribution in [1.82, 2.24) is 4.98 Å². The minimum absolute atomic E-state index is 0.129. The van der Waals surface area contributed by atoms with Crippen LogP contribution in [0.15, 0.2) is 12.1 Å². The summed E-state index contributed by atoms with van der Waals surface area (Å²) in [7, 11) is 0. The molecule has 1 fully saturated rings. The first-order chi connectivity index (χ1) is 8.70. The van der Waals surface area contributed by atoms with Crippen LogP contribution >= 0.6 is 11.6 Å². The van der Waals surface area contributed by atoms with E-state index < -0.39 is 5.97 Å². The fraction of sp³-hybridized carbons (Fsp3) is 0.538. The van der Waals surface area contributed by atoms with Crippen LogP contribution in [-0.4, -0.2) is 23.7 Å². The molecule has 0 bridgehead atoms.